The van der Waals surface area contributed by atoms with Gasteiger partial charge in [0.15, 0.2) is 0 Å². The third kappa shape index (κ3) is 3.52. The van der Waals surface area contributed by atoms with Crippen molar-refractivity contribution in [3.63, 3.8) is 0 Å². The highest BCUT2D eigenvalue weighted by molar-refractivity contribution is 7.85. The molecule has 0 aromatic carbocycles. The molecule has 0 aliphatic carbocycles. The molecule has 1 aliphatic rings. The number of hydrogen-bond donors (Lipinski definition) is 2. The summed E-state index contributed by atoms with van der Waals surface area (Å²) in [6.07, 6.45) is 3.56. The van der Waals surface area contributed by atoms with E-state index < -0.39 is 16.3 Å². The maximum absolute atomic E-state index is 11.6. The molecule has 9 heteroatoms. The molecule has 18 heavy (non-hydrogen) atoms. The second-order valence-electron chi connectivity index (χ2n) is 3.82. The smallest absolute Gasteiger partial charge is 0.381 e. The van der Waals surface area contributed by atoms with Crippen LogP contribution in [0, 0.1) is 0 Å². The normalized spacial score (nSPS) is 17.6. The first-order valence-electron chi connectivity index (χ1n) is 5.39. The summed E-state index contributed by atoms with van der Waals surface area (Å²) in [7, 11) is -4.10. The molecule has 0 amide bonds. The van der Waals surface area contributed by atoms with Crippen LogP contribution < -0.4 is 4.72 Å². The molecule has 0 bridgehead atoms. The predicted octanol–water partition coefficient (Wildman–Crippen LogP) is -0.420. The summed E-state index contributed by atoms with van der Waals surface area (Å²) in [4.78, 5) is 11.4. The minimum absolute atomic E-state index is 0.0485. The maximum atomic E-state index is 11.6. The molecule has 2 rings (SSSR count). The van der Waals surface area contributed by atoms with Gasteiger partial charge in [0.25, 0.3) is 0 Å². The van der Waals surface area contributed by atoms with Crippen LogP contribution in [0.2, 0.25) is 0 Å². The number of nitrogens with zero attached hydrogens (tertiary/aromatic N) is 1. The van der Waals surface area contributed by atoms with Crippen LogP contribution in [0.5, 0.6) is 0 Å². The van der Waals surface area contributed by atoms with Gasteiger partial charge in [-0.25, -0.2) is 4.79 Å². The van der Waals surface area contributed by atoms with Gasteiger partial charge in [-0.1, -0.05) is 0 Å². The van der Waals surface area contributed by atoms with Gasteiger partial charge in [-0.2, -0.15) is 18.2 Å². The van der Waals surface area contributed by atoms with Crippen LogP contribution in [0.15, 0.2) is 12.4 Å². The number of rotatable bonds is 4. The van der Waals surface area contributed by atoms with E-state index in [-0.39, 0.29) is 11.6 Å². The van der Waals surface area contributed by atoms with Crippen LogP contribution in [-0.4, -0.2) is 43.8 Å². The molecule has 8 nitrogen and oxygen atoms in total. The van der Waals surface area contributed by atoms with Gasteiger partial charge >= 0.3 is 16.3 Å². The summed E-state index contributed by atoms with van der Waals surface area (Å²) in [5.74, 6) is -0.969. The quantitative estimate of drug-likeness (QED) is 0.772. The average Bonchev–Trinajstić information content (AvgIpc) is 2.82. The molecule has 0 atom stereocenters. The first kappa shape index (κ1) is 13.0. The topological polar surface area (TPSA) is 110 Å². The van der Waals surface area contributed by atoms with Crippen molar-refractivity contribution in [2.75, 3.05) is 13.2 Å². The van der Waals surface area contributed by atoms with Crippen molar-refractivity contribution in [2.45, 2.75) is 18.9 Å². The van der Waals surface area contributed by atoms with Gasteiger partial charge in [0, 0.05) is 25.5 Å². The summed E-state index contributed by atoms with van der Waals surface area (Å²) < 4.78 is 35.0. The van der Waals surface area contributed by atoms with Crippen molar-refractivity contribution >= 4 is 16.3 Å². The lowest BCUT2D eigenvalue weighted by molar-refractivity contribution is 0.0725. The molecular formula is C9H13N3O5S. The second-order valence-corrected chi connectivity index (χ2v) is 5.13. The number of aromatic amines is 1. The molecule has 2 heterocycles. The SMILES string of the molecule is O=C(OS(=O)(=O)NC1CCOCC1)c1cn[nH]c1. The summed E-state index contributed by atoms with van der Waals surface area (Å²) in [6, 6.07) is -0.263. The molecular weight excluding hydrogens is 262 g/mol. The molecule has 1 aromatic rings. The van der Waals surface area contributed by atoms with Crippen LogP contribution in [0.25, 0.3) is 0 Å². The molecule has 0 spiro atoms. The maximum Gasteiger partial charge on any atom is 0.385 e. The van der Waals surface area contributed by atoms with Gasteiger partial charge in [0.05, 0.1) is 11.8 Å². The number of nitrogens with one attached hydrogen (secondary N) is 2. The molecule has 0 unspecified atom stereocenters. The van der Waals surface area contributed by atoms with E-state index >= 15 is 0 Å². The highest BCUT2D eigenvalue weighted by atomic mass is 32.2. The highest BCUT2D eigenvalue weighted by Crippen LogP contribution is 2.09. The standard InChI is InChI=1S/C9H13N3O5S/c13-9(7-5-10-11-6-7)17-18(14,15)12-8-1-3-16-4-2-8/h5-6,8,12H,1-4H2,(H,10,11). The fourth-order valence-corrected chi connectivity index (χ4v) is 2.54. The average molecular weight is 275 g/mol. The molecule has 1 fully saturated rings. The number of hydrogen-bond acceptors (Lipinski definition) is 6. The Balaban J connectivity index is 1.92. The summed E-state index contributed by atoms with van der Waals surface area (Å²) >= 11 is 0. The molecule has 2 N–H and O–H groups in total. The Kier molecular flexibility index (Phi) is 3.94. The van der Waals surface area contributed by atoms with Crippen LogP contribution in [-0.2, 0) is 19.2 Å². The summed E-state index contributed by atoms with van der Waals surface area (Å²) in [6.45, 7) is 0.978. The zero-order chi connectivity index (χ0) is 13.0. The first-order valence-corrected chi connectivity index (χ1v) is 6.80. The van der Waals surface area contributed by atoms with E-state index in [2.05, 4.69) is 19.1 Å². The third-order valence-corrected chi connectivity index (χ3v) is 3.44. The van der Waals surface area contributed by atoms with E-state index in [0.717, 1.165) is 0 Å². The van der Waals surface area contributed by atoms with Gasteiger partial charge in [-0.15, -0.1) is 0 Å². The van der Waals surface area contributed by atoms with Gasteiger partial charge in [0.2, 0.25) is 0 Å². The van der Waals surface area contributed by atoms with Crippen molar-refractivity contribution in [1.82, 2.24) is 14.9 Å². The summed E-state index contributed by atoms with van der Waals surface area (Å²) in [5, 5.41) is 5.93. The van der Waals surface area contributed by atoms with Crippen LogP contribution >= 0.6 is 0 Å². The van der Waals surface area contributed by atoms with Gasteiger partial charge in [-0.05, 0) is 12.8 Å². The Morgan fingerprint density at radius 2 is 2.22 bits per heavy atom. The van der Waals surface area contributed by atoms with Crippen molar-refractivity contribution in [3.05, 3.63) is 18.0 Å². The molecule has 100 valence electrons. The van der Waals surface area contributed by atoms with Gasteiger partial charge in [0.1, 0.15) is 0 Å². The molecule has 1 aromatic heterocycles. The van der Waals surface area contributed by atoms with E-state index in [1.165, 1.54) is 12.4 Å². The number of carbonyl (C=O) groups is 1. The van der Waals surface area contributed by atoms with Crippen LogP contribution in [0.1, 0.15) is 23.2 Å². The zero-order valence-electron chi connectivity index (χ0n) is 9.46. The van der Waals surface area contributed by atoms with Gasteiger partial charge < -0.3 is 8.92 Å². The number of aromatic nitrogens is 2. The highest BCUT2D eigenvalue weighted by Gasteiger charge is 2.24. The van der Waals surface area contributed by atoms with Crippen molar-refractivity contribution in [1.29, 1.82) is 0 Å². The Bertz CT molecular complexity index is 492. The van der Waals surface area contributed by atoms with E-state index in [1.54, 1.807) is 0 Å². The zero-order valence-corrected chi connectivity index (χ0v) is 10.3. The minimum Gasteiger partial charge on any atom is -0.381 e. The molecule has 0 saturated carbocycles. The van der Waals surface area contributed by atoms with E-state index in [1.807, 2.05) is 0 Å². The largest absolute Gasteiger partial charge is 0.385 e. The number of H-pyrrole nitrogens is 1. The van der Waals surface area contributed by atoms with E-state index in [9.17, 15) is 13.2 Å². The third-order valence-electron chi connectivity index (χ3n) is 2.45. The lowest BCUT2D eigenvalue weighted by Gasteiger charge is -2.22. The second kappa shape index (κ2) is 5.46. The van der Waals surface area contributed by atoms with Crippen LogP contribution in [0.4, 0.5) is 0 Å². The van der Waals surface area contributed by atoms with E-state index in [0.29, 0.717) is 26.1 Å². The van der Waals surface area contributed by atoms with Crippen LogP contribution in [0.3, 0.4) is 0 Å². The fourth-order valence-electron chi connectivity index (χ4n) is 1.55. The minimum atomic E-state index is -4.10. The molecule has 1 aliphatic heterocycles. The van der Waals surface area contributed by atoms with Crippen molar-refractivity contribution < 1.29 is 22.1 Å². The Morgan fingerprint density at radius 1 is 1.50 bits per heavy atom. The Labute approximate surface area is 104 Å². The van der Waals surface area contributed by atoms with Crippen molar-refractivity contribution in [3.8, 4) is 0 Å². The lowest BCUT2D eigenvalue weighted by atomic mass is 10.1. The molecule has 1 saturated heterocycles. The monoisotopic (exact) mass is 275 g/mol. The van der Waals surface area contributed by atoms with Crippen molar-refractivity contribution in [2.24, 2.45) is 0 Å². The number of carbonyl (C=O) groups excluding carboxylic acids is 1. The molecule has 0 radical (unpaired) electrons. The summed E-state index contributed by atoms with van der Waals surface area (Å²) in [5.41, 5.74) is 0.0485. The first-order chi connectivity index (χ1) is 8.57. The number of ether oxygens (including phenoxy) is 1. The Morgan fingerprint density at radius 3 is 2.83 bits per heavy atom. The van der Waals surface area contributed by atoms with E-state index in [4.69, 9.17) is 4.74 Å². The lowest BCUT2D eigenvalue weighted by Crippen LogP contribution is -2.40. The Hall–Kier alpha value is -1.45. The fraction of sp³-hybridized carbons (Fsp3) is 0.556. The van der Waals surface area contributed by atoms with Gasteiger partial charge in [-0.3, -0.25) is 5.10 Å². The predicted molar refractivity (Wildman–Crippen MR) is 59.9 cm³/mol.